The minimum absolute atomic E-state index is 0.401. The third-order valence-corrected chi connectivity index (χ3v) is 5.19. The van der Waals surface area contributed by atoms with Gasteiger partial charge in [0.25, 0.3) is 0 Å². The molecule has 0 unspecified atom stereocenters. The Balaban J connectivity index is 1.71. The van der Waals surface area contributed by atoms with E-state index in [1.807, 2.05) is 19.1 Å². The van der Waals surface area contributed by atoms with Gasteiger partial charge in [0.2, 0.25) is 0 Å². The van der Waals surface area contributed by atoms with Gasteiger partial charge in [0, 0.05) is 22.6 Å². The molecule has 0 bridgehead atoms. The fourth-order valence-corrected chi connectivity index (χ4v) is 3.71. The number of hydrogen-bond donors (Lipinski definition) is 2. The molecule has 31 heavy (non-hydrogen) atoms. The summed E-state index contributed by atoms with van der Waals surface area (Å²) in [7, 11) is 0. The monoisotopic (exact) mass is 418 g/mol. The number of aryl methyl sites for hydroxylation is 3. The number of nitrogens with zero attached hydrogens (tertiary/aromatic N) is 2. The van der Waals surface area contributed by atoms with Gasteiger partial charge in [-0.05, 0) is 75.6 Å². The van der Waals surface area contributed by atoms with Crippen LogP contribution < -0.4 is 15.5 Å². The van der Waals surface area contributed by atoms with Gasteiger partial charge in [-0.15, -0.1) is 0 Å². The van der Waals surface area contributed by atoms with Crippen LogP contribution in [0.2, 0.25) is 0 Å². The molecule has 0 fully saturated rings. The lowest BCUT2D eigenvalue weighted by atomic mass is 10.1. The van der Waals surface area contributed by atoms with E-state index < -0.39 is 6.03 Å². The SMILES string of the molecule is CCOc1ccc(NC(=O)N/N=C/c2cc(C)n(-c3c(C)cccc3CC)c2C)cc1. The topological polar surface area (TPSA) is 67.7 Å². The largest absolute Gasteiger partial charge is 0.494 e. The summed E-state index contributed by atoms with van der Waals surface area (Å²) in [5.74, 6) is 0.765. The summed E-state index contributed by atoms with van der Waals surface area (Å²) in [6.45, 7) is 11.0. The van der Waals surface area contributed by atoms with Crippen LogP contribution in [0.3, 0.4) is 0 Å². The van der Waals surface area contributed by atoms with Gasteiger partial charge in [-0.25, -0.2) is 10.2 Å². The Morgan fingerprint density at radius 2 is 1.84 bits per heavy atom. The van der Waals surface area contributed by atoms with E-state index in [1.54, 1.807) is 18.3 Å². The molecule has 0 aliphatic heterocycles. The van der Waals surface area contributed by atoms with E-state index in [1.165, 1.54) is 16.8 Å². The molecule has 3 aromatic rings. The molecule has 0 aliphatic carbocycles. The van der Waals surface area contributed by atoms with Gasteiger partial charge in [0.1, 0.15) is 5.75 Å². The maximum absolute atomic E-state index is 12.1. The highest BCUT2D eigenvalue weighted by molar-refractivity contribution is 5.90. The Morgan fingerprint density at radius 3 is 2.52 bits per heavy atom. The van der Waals surface area contributed by atoms with Crippen molar-refractivity contribution in [2.45, 2.75) is 41.0 Å². The van der Waals surface area contributed by atoms with Crippen molar-refractivity contribution in [2.24, 2.45) is 5.10 Å². The summed E-state index contributed by atoms with van der Waals surface area (Å²) in [6, 6.07) is 15.3. The third kappa shape index (κ3) is 5.15. The maximum Gasteiger partial charge on any atom is 0.339 e. The second kappa shape index (κ2) is 9.98. The number of nitrogens with one attached hydrogen (secondary N) is 2. The van der Waals surface area contributed by atoms with E-state index >= 15 is 0 Å². The van der Waals surface area contributed by atoms with Gasteiger partial charge in [-0.1, -0.05) is 25.1 Å². The number of hydrazone groups is 1. The number of ether oxygens (including phenoxy) is 1. The Hall–Kier alpha value is -3.54. The number of carbonyl (C=O) groups is 1. The Bertz CT molecular complexity index is 1080. The molecule has 1 aromatic heterocycles. The van der Waals surface area contributed by atoms with Crippen LogP contribution in [0, 0.1) is 20.8 Å². The van der Waals surface area contributed by atoms with Crippen LogP contribution in [0.1, 0.15) is 41.9 Å². The summed E-state index contributed by atoms with van der Waals surface area (Å²) in [5.41, 5.74) is 10.1. The van der Waals surface area contributed by atoms with Crippen molar-refractivity contribution in [3.8, 4) is 11.4 Å². The van der Waals surface area contributed by atoms with E-state index in [0.29, 0.717) is 12.3 Å². The minimum Gasteiger partial charge on any atom is -0.494 e. The highest BCUT2D eigenvalue weighted by atomic mass is 16.5. The number of urea groups is 1. The molecule has 6 heteroatoms. The van der Waals surface area contributed by atoms with Gasteiger partial charge in [-0.3, -0.25) is 0 Å². The van der Waals surface area contributed by atoms with Crippen molar-refractivity contribution in [1.29, 1.82) is 0 Å². The standard InChI is InChI=1S/C25H30N4O2/c1-6-20-10-8-9-17(3)24(20)29-18(4)15-21(19(29)5)16-26-28-25(30)27-22-11-13-23(14-12-22)31-7-2/h8-16H,6-7H2,1-5H3,(H2,27,28,30)/b26-16+. The summed E-state index contributed by atoms with van der Waals surface area (Å²) in [6.07, 6.45) is 2.64. The average Bonchev–Trinajstić information content (AvgIpc) is 3.02. The lowest BCUT2D eigenvalue weighted by molar-refractivity contribution is 0.252. The number of hydrogen-bond acceptors (Lipinski definition) is 3. The van der Waals surface area contributed by atoms with Gasteiger partial charge in [0.05, 0.1) is 18.5 Å². The van der Waals surface area contributed by atoms with Gasteiger partial charge in [-0.2, -0.15) is 5.10 Å². The van der Waals surface area contributed by atoms with Crippen molar-refractivity contribution in [3.63, 3.8) is 0 Å². The molecule has 0 aliphatic rings. The van der Waals surface area contributed by atoms with Crippen molar-refractivity contribution in [3.05, 3.63) is 76.6 Å². The smallest absolute Gasteiger partial charge is 0.339 e. The minimum atomic E-state index is -0.401. The zero-order valence-corrected chi connectivity index (χ0v) is 18.8. The quantitative estimate of drug-likeness (QED) is 0.392. The van der Waals surface area contributed by atoms with Crippen molar-refractivity contribution >= 4 is 17.9 Å². The van der Waals surface area contributed by atoms with Gasteiger partial charge in [0.15, 0.2) is 0 Å². The van der Waals surface area contributed by atoms with Crippen LogP contribution >= 0.6 is 0 Å². The van der Waals surface area contributed by atoms with E-state index in [9.17, 15) is 4.79 Å². The molecule has 1 heterocycles. The molecule has 2 N–H and O–H groups in total. The molecule has 0 atom stereocenters. The normalized spacial score (nSPS) is 11.0. The molecule has 0 spiro atoms. The van der Waals surface area contributed by atoms with Crippen LogP contribution in [0.5, 0.6) is 5.75 Å². The lowest BCUT2D eigenvalue weighted by Gasteiger charge is -2.17. The maximum atomic E-state index is 12.1. The molecule has 2 aromatic carbocycles. The van der Waals surface area contributed by atoms with E-state index in [0.717, 1.165) is 29.1 Å². The fourth-order valence-electron chi connectivity index (χ4n) is 3.71. The van der Waals surface area contributed by atoms with Crippen LogP contribution in [0.25, 0.3) is 5.69 Å². The molecule has 6 nitrogen and oxygen atoms in total. The van der Waals surface area contributed by atoms with Crippen LogP contribution in [-0.2, 0) is 6.42 Å². The number of aromatic nitrogens is 1. The molecule has 0 saturated carbocycles. The van der Waals surface area contributed by atoms with Crippen molar-refractivity contribution in [2.75, 3.05) is 11.9 Å². The lowest BCUT2D eigenvalue weighted by Crippen LogP contribution is -2.24. The highest BCUT2D eigenvalue weighted by Gasteiger charge is 2.14. The zero-order chi connectivity index (χ0) is 22.4. The molecule has 0 radical (unpaired) electrons. The number of rotatable bonds is 7. The second-order valence-corrected chi connectivity index (χ2v) is 7.38. The number of carbonyl (C=O) groups excluding carboxylic acids is 1. The first kappa shape index (κ1) is 22.2. The van der Waals surface area contributed by atoms with E-state index in [4.69, 9.17) is 4.74 Å². The number of anilines is 1. The van der Waals surface area contributed by atoms with Gasteiger partial charge >= 0.3 is 6.03 Å². The third-order valence-electron chi connectivity index (χ3n) is 5.19. The zero-order valence-electron chi connectivity index (χ0n) is 18.8. The Kier molecular flexibility index (Phi) is 7.13. The predicted molar refractivity (Wildman–Crippen MR) is 127 cm³/mol. The number of para-hydroxylation sites is 1. The highest BCUT2D eigenvalue weighted by Crippen LogP contribution is 2.26. The molecular formula is C25H30N4O2. The first-order chi connectivity index (χ1) is 14.9. The second-order valence-electron chi connectivity index (χ2n) is 7.38. The number of benzene rings is 2. The fraction of sp³-hybridized carbons (Fsp3) is 0.280. The number of amides is 2. The average molecular weight is 419 g/mol. The van der Waals surface area contributed by atoms with Crippen molar-refractivity contribution in [1.82, 2.24) is 9.99 Å². The summed E-state index contributed by atoms with van der Waals surface area (Å²) in [4.78, 5) is 12.1. The van der Waals surface area contributed by atoms with Crippen LogP contribution in [-0.4, -0.2) is 23.4 Å². The first-order valence-electron chi connectivity index (χ1n) is 10.5. The summed E-state index contributed by atoms with van der Waals surface area (Å²) in [5, 5.41) is 6.89. The van der Waals surface area contributed by atoms with Gasteiger partial charge < -0.3 is 14.6 Å². The Labute approximate surface area is 183 Å². The van der Waals surface area contributed by atoms with E-state index in [2.05, 4.69) is 72.4 Å². The summed E-state index contributed by atoms with van der Waals surface area (Å²) < 4.78 is 7.66. The first-order valence-corrected chi connectivity index (χ1v) is 10.5. The predicted octanol–water partition coefficient (Wildman–Crippen LogP) is 5.52. The molecule has 2 amide bonds. The molecule has 0 saturated heterocycles. The molecule has 3 rings (SSSR count). The van der Waals surface area contributed by atoms with Crippen LogP contribution in [0.4, 0.5) is 10.5 Å². The van der Waals surface area contributed by atoms with Crippen molar-refractivity contribution < 1.29 is 9.53 Å². The summed E-state index contributed by atoms with van der Waals surface area (Å²) >= 11 is 0. The van der Waals surface area contributed by atoms with E-state index in [-0.39, 0.29) is 0 Å². The Morgan fingerprint density at radius 1 is 1.10 bits per heavy atom. The molecule has 162 valence electrons. The molecular weight excluding hydrogens is 388 g/mol. The van der Waals surface area contributed by atoms with Crippen LogP contribution in [0.15, 0.2) is 53.6 Å².